The lowest BCUT2D eigenvalue weighted by Crippen LogP contribution is -2.45. The Morgan fingerprint density at radius 3 is 2.92 bits per heavy atom. The lowest BCUT2D eigenvalue weighted by Gasteiger charge is -2.37. The number of aromatic nitrogens is 2. The van der Waals surface area contributed by atoms with E-state index in [1.165, 1.54) is 0 Å². The van der Waals surface area contributed by atoms with Crippen LogP contribution in [-0.4, -0.2) is 44.9 Å². The Morgan fingerprint density at radius 2 is 2.25 bits per heavy atom. The molecule has 0 unspecified atom stereocenters. The van der Waals surface area contributed by atoms with Gasteiger partial charge in [0.2, 0.25) is 0 Å². The second-order valence-corrected chi connectivity index (χ2v) is 6.53. The molecule has 1 aliphatic heterocycles. The molecule has 6 nitrogen and oxygen atoms in total. The number of piperidine rings is 1. The summed E-state index contributed by atoms with van der Waals surface area (Å²) >= 11 is 0. The molecule has 2 N–H and O–H groups in total. The molecule has 1 saturated heterocycles. The smallest absolute Gasteiger partial charge is 0.254 e. The van der Waals surface area contributed by atoms with Gasteiger partial charge in [0.05, 0.1) is 11.9 Å². The van der Waals surface area contributed by atoms with E-state index < -0.39 is 0 Å². The van der Waals surface area contributed by atoms with Gasteiger partial charge in [0, 0.05) is 43.7 Å². The molecule has 0 aliphatic carbocycles. The van der Waals surface area contributed by atoms with E-state index >= 15 is 0 Å². The van der Waals surface area contributed by atoms with Gasteiger partial charge < -0.3 is 15.3 Å². The Bertz CT molecular complexity index is 713. The van der Waals surface area contributed by atoms with Crippen LogP contribution in [0.5, 0.6) is 0 Å². The van der Waals surface area contributed by atoms with E-state index in [0.717, 1.165) is 24.2 Å². The number of amides is 1. The molecular weight excluding hydrogens is 304 g/mol. The summed E-state index contributed by atoms with van der Waals surface area (Å²) in [5.41, 5.74) is 2.43. The van der Waals surface area contributed by atoms with Crippen LogP contribution in [0.4, 0.5) is 11.4 Å². The van der Waals surface area contributed by atoms with Gasteiger partial charge in [-0.3, -0.25) is 9.48 Å². The lowest BCUT2D eigenvalue weighted by molar-refractivity contribution is 0.0515. The third-order valence-corrected chi connectivity index (χ3v) is 4.61. The summed E-state index contributed by atoms with van der Waals surface area (Å²) in [5, 5.41) is 16.7. The summed E-state index contributed by atoms with van der Waals surface area (Å²) in [7, 11) is 1.86. The molecule has 1 aromatic heterocycles. The normalized spacial score (nSPS) is 20.9. The highest BCUT2D eigenvalue weighted by Crippen LogP contribution is 2.25. The first-order valence-corrected chi connectivity index (χ1v) is 8.34. The van der Waals surface area contributed by atoms with Crippen LogP contribution in [0.25, 0.3) is 0 Å². The predicted molar refractivity (Wildman–Crippen MR) is 93.2 cm³/mol. The minimum atomic E-state index is 0.0497. The number of aliphatic hydroxyl groups excluding tert-OH is 1. The highest BCUT2D eigenvalue weighted by Gasteiger charge is 2.29. The molecule has 1 amide bonds. The van der Waals surface area contributed by atoms with E-state index in [0.29, 0.717) is 18.0 Å². The van der Waals surface area contributed by atoms with E-state index in [1.807, 2.05) is 42.4 Å². The second kappa shape index (κ2) is 7.05. The van der Waals surface area contributed by atoms with Crippen molar-refractivity contribution >= 4 is 17.3 Å². The SMILES string of the molecule is C[C@H]1C[C@@H](CO)CCN1C(=O)c1cccc(Nc2cnn(C)c2)c1. The summed E-state index contributed by atoms with van der Waals surface area (Å²) in [6.07, 6.45) is 5.35. The van der Waals surface area contributed by atoms with E-state index in [4.69, 9.17) is 0 Å². The summed E-state index contributed by atoms with van der Waals surface area (Å²) in [5.74, 6) is 0.358. The van der Waals surface area contributed by atoms with Crippen LogP contribution in [0.2, 0.25) is 0 Å². The quantitative estimate of drug-likeness (QED) is 0.904. The van der Waals surface area contributed by atoms with Crippen molar-refractivity contribution in [2.24, 2.45) is 13.0 Å². The van der Waals surface area contributed by atoms with E-state index in [-0.39, 0.29) is 18.6 Å². The number of benzene rings is 1. The van der Waals surface area contributed by atoms with Crippen LogP contribution < -0.4 is 5.32 Å². The third-order valence-electron chi connectivity index (χ3n) is 4.61. The number of carbonyl (C=O) groups is 1. The largest absolute Gasteiger partial charge is 0.396 e. The van der Waals surface area contributed by atoms with Crippen molar-refractivity contribution in [1.82, 2.24) is 14.7 Å². The van der Waals surface area contributed by atoms with E-state index in [9.17, 15) is 9.90 Å². The molecule has 1 fully saturated rings. The van der Waals surface area contributed by atoms with Crippen molar-refractivity contribution in [3.05, 3.63) is 42.2 Å². The van der Waals surface area contributed by atoms with Crippen molar-refractivity contribution in [3.8, 4) is 0 Å². The Morgan fingerprint density at radius 1 is 1.42 bits per heavy atom. The monoisotopic (exact) mass is 328 g/mol. The highest BCUT2D eigenvalue weighted by atomic mass is 16.3. The van der Waals surface area contributed by atoms with Crippen molar-refractivity contribution in [3.63, 3.8) is 0 Å². The first-order chi connectivity index (χ1) is 11.6. The van der Waals surface area contributed by atoms with Crippen LogP contribution in [-0.2, 0) is 7.05 Å². The average molecular weight is 328 g/mol. The molecule has 0 bridgehead atoms. The van der Waals surface area contributed by atoms with Gasteiger partial charge in [0.25, 0.3) is 5.91 Å². The number of carbonyl (C=O) groups excluding carboxylic acids is 1. The number of nitrogens with zero attached hydrogens (tertiary/aromatic N) is 3. The maximum absolute atomic E-state index is 12.8. The maximum Gasteiger partial charge on any atom is 0.254 e. The molecule has 128 valence electrons. The van der Waals surface area contributed by atoms with E-state index in [1.54, 1.807) is 10.9 Å². The van der Waals surface area contributed by atoms with Gasteiger partial charge in [0.1, 0.15) is 0 Å². The topological polar surface area (TPSA) is 70.4 Å². The van der Waals surface area contributed by atoms with Crippen LogP contribution >= 0.6 is 0 Å². The number of hydrogen-bond acceptors (Lipinski definition) is 4. The Kier molecular flexibility index (Phi) is 4.85. The molecule has 0 radical (unpaired) electrons. The minimum Gasteiger partial charge on any atom is -0.396 e. The average Bonchev–Trinajstić information content (AvgIpc) is 2.99. The fourth-order valence-corrected chi connectivity index (χ4v) is 3.29. The molecule has 0 spiro atoms. The molecule has 2 heterocycles. The Labute approximate surface area is 142 Å². The molecule has 0 saturated carbocycles. The van der Waals surface area contributed by atoms with Crippen molar-refractivity contribution in [2.45, 2.75) is 25.8 Å². The second-order valence-electron chi connectivity index (χ2n) is 6.53. The maximum atomic E-state index is 12.8. The number of hydrogen-bond donors (Lipinski definition) is 2. The summed E-state index contributed by atoms with van der Waals surface area (Å²) < 4.78 is 1.73. The minimum absolute atomic E-state index is 0.0497. The number of aliphatic hydroxyl groups is 1. The molecule has 2 aromatic rings. The fourth-order valence-electron chi connectivity index (χ4n) is 3.29. The Hall–Kier alpha value is -2.34. The number of aryl methyl sites for hydroxylation is 1. The number of likely N-dealkylation sites (tertiary alicyclic amines) is 1. The Balaban J connectivity index is 1.72. The van der Waals surface area contributed by atoms with Gasteiger partial charge in [0.15, 0.2) is 0 Å². The molecule has 24 heavy (non-hydrogen) atoms. The van der Waals surface area contributed by atoms with Crippen molar-refractivity contribution in [1.29, 1.82) is 0 Å². The third kappa shape index (κ3) is 3.59. The molecular formula is C18H24N4O2. The summed E-state index contributed by atoms with van der Waals surface area (Å²) in [6.45, 7) is 2.96. The van der Waals surface area contributed by atoms with E-state index in [2.05, 4.69) is 17.3 Å². The number of rotatable bonds is 4. The molecule has 2 atom stereocenters. The zero-order chi connectivity index (χ0) is 17.1. The lowest BCUT2D eigenvalue weighted by atomic mass is 9.92. The molecule has 1 aromatic carbocycles. The first kappa shape index (κ1) is 16.5. The van der Waals surface area contributed by atoms with Crippen molar-refractivity contribution in [2.75, 3.05) is 18.5 Å². The van der Waals surface area contributed by atoms with Gasteiger partial charge in [-0.2, -0.15) is 5.10 Å². The van der Waals surface area contributed by atoms with Crippen LogP contribution in [0.3, 0.4) is 0 Å². The number of nitrogens with one attached hydrogen (secondary N) is 1. The van der Waals surface area contributed by atoms with Crippen molar-refractivity contribution < 1.29 is 9.90 Å². The zero-order valence-corrected chi connectivity index (χ0v) is 14.1. The first-order valence-electron chi connectivity index (χ1n) is 8.34. The fraction of sp³-hybridized carbons (Fsp3) is 0.444. The molecule has 6 heteroatoms. The van der Waals surface area contributed by atoms with Crippen LogP contribution in [0.1, 0.15) is 30.1 Å². The van der Waals surface area contributed by atoms with Crippen LogP contribution in [0.15, 0.2) is 36.7 Å². The van der Waals surface area contributed by atoms with Gasteiger partial charge in [-0.15, -0.1) is 0 Å². The van der Waals surface area contributed by atoms with Gasteiger partial charge >= 0.3 is 0 Å². The van der Waals surface area contributed by atoms with Crippen LogP contribution in [0, 0.1) is 5.92 Å². The zero-order valence-electron chi connectivity index (χ0n) is 14.1. The van der Waals surface area contributed by atoms with Gasteiger partial charge in [-0.25, -0.2) is 0 Å². The molecule has 1 aliphatic rings. The highest BCUT2D eigenvalue weighted by molar-refractivity contribution is 5.95. The van der Waals surface area contributed by atoms with Gasteiger partial charge in [-0.05, 0) is 43.9 Å². The van der Waals surface area contributed by atoms with Gasteiger partial charge in [-0.1, -0.05) is 6.07 Å². The molecule has 3 rings (SSSR count). The predicted octanol–water partition coefficient (Wildman–Crippen LogP) is 2.40. The standard InChI is InChI=1S/C18H24N4O2/c1-13-8-14(12-23)6-7-22(13)18(24)15-4-3-5-16(9-15)20-17-10-19-21(2)11-17/h3-5,9-11,13-14,20,23H,6-8,12H2,1-2H3/t13-,14-/m0/s1. The number of anilines is 2. The summed E-state index contributed by atoms with van der Waals surface area (Å²) in [6, 6.07) is 7.70. The summed E-state index contributed by atoms with van der Waals surface area (Å²) in [4.78, 5) is 14.7.